The Morgan fingerprint density at radius 3 is 2.28 bits per heavy atom. The van der Waals surface area contributed by atoms with Gasteiger partial charge in [-0.3, -0.25) is 28.8 Å². The van der Waals surface area contributed by atoms with Gasteiger partial charge in [0.2, 0.25) is 29.5 Å². The van der Waals surface area contributed by atoms with Gasteiger partial charge >= 0.3 is 5.97 Å². The number of likely N-dealkylation sites (N-methyl/N-ethyl adjacent to an activating group) is 1. The van der Waals surface area contributed by atoms with Crippen molar-refractivity contribution in [1.82, 2.24) is 20.9 Å². The molecular formula is C19H31N5O8. The van der Waals surface area contributed by atoms with E-state index < -0.39 is 78.1 Å². The number of rotatable bonds is 9. The van der Waals surface area contributed by atoms with Crippen LogP contribution in [0.25, 0.3) is 0 Å². The Morgan fingerprint density at radius 2 is 1.78 bits per heavy atom. The van der Waals surface area contributed by atoms with Gasteiger partial charge in [-0.1, -0.05) is 13.8 Å². The highest BCUT2D eigenvalue weighted by molar-refractivity contribution is 6.02. The molecule has 0 aromatic carbocycles. The number of primary amides is 1. The van der Waals surface area contributed by atoms with Crippen molar-refractivity contribution >= 4 is 35.5 Å². The van der Waals surface area contributed by atoms with Gasteiger partial charge in [0.1, 0.15) is 30.3 Å². The molecule has 0 aromatic heterocycles. The zero-order valence-corrected chi connectivity index (χ0v) is 18.5. The van der Waals surface area contributed by atoms with Crippen molar-refractivity contribution in [3.05, 3.63) is 0 Å². The highest BCUT2D eigenvalue weighted by Crippen LogP contribution is 2.18. The van der Waals surface area contributed by atoms with Gasteiger partial charge in [0.05, 0.1) is 6.42 Å². The van der Waals surface area contributed by atoms with Crippen LogP contribution in [0.2, 0.25) is 0 Å². The molecular weight excluding hydrogens is 426 g/mol. The molecule has 1 rings (SSSR count). The molecule has 13 nitrogen and oxygen atoms in total. The topological polar surface area (TPSA) is 208 Å². The number of carboxylic acid groups (broad SMARTS) is 1. The van der Waals surface area contributed by atoms with Crippen LogP contribution in [-0.4, -0.2) is 82.0 Å². The summed E-state index contributed by atoms with van der Waals surface area (Å²) in [5.74, 6) is -6.81. The minimum Gasteiger partial charge on any atom is -0.480 e. The molecule has 1 aliphatic rings. The summed E-state index contributed by atoms with van der Waals surface area (Å²) in [5, 5.41) is 26.5. The third-order valence-corrected chi connectivity index (χ3v) is 5.09. The molecule has 1 heterocycles. The maximum Gasteiger partial charge on any atom is 0.325 e. The first kappa shape index (κ1) is 26.8. The first-order chi connectivity index (χ1) is 14.8. The van der Waals surface area contributed by atoms with Crippen LogP contribution in [0, 0.1) is 11.8 Å². The fraction of sp³-hybridized carbons (Fsp3) is 0.684. The van der Waals surface area contributed by atoms with Crippen molar-refractivity contribution in [1.29, 1.82) is 0 Å². The molecule has 7 N–H and O–H groups in total. The number of nitrogens with two attached hydrogens (primary N) is 1. The standard InChI is InChI=1S/C19H31N5O8/c1-8(2)14(17(29)21-9(3)19(31)32)18(30)24(4)15-11(25)7-13(27)22-10(16(28)23-15)5-6-12(20)26/h8-11,14-15,25H,5-7H2,1-4H3,(H2,20,26)(H,21,29)(H,22,27)(H,23,28)(H,31,32)/t9-,10+,11+,14+,15+/m0/s1. The number of carboxylic acids is 1. The minimum absolute atomic E-state index is 0.0719. The van der Waals surface area contributed by atoms with E-state index in [1.807, 2.05) is 0 Å². The molecule has 0 aromatic rings. The van der Waals surface area contributed by atoms with E-state index in [1.54, 1.807) is 13.8 Å². The molecule has 0 saturated carbocycles. The predicted molar refractivity (Wildman–Crippen MR) is 109 cm³/mol. The zero-order chi connectivity index (χ0) is 24.7. The maximum atomic E-state index is 13.1. The number of carbonyl (C=O) groups excluding carboxylic acids is 5. The summed E-state index contributed by atoms with van der Waals surface area (Å²) >= 11 is 0. The highest BCUT2D eigenvalue weighted by atomic mass is 16.4. The zero-order valence-electron chi connectivity index (χ0n) is 18.5. The summed E-state index contributed by atoms with van der Waals surface area (Å²) in [6.07, 6.45) is -3.53. The molecule has 13 heteroatoms. The van der Waals surface area contributed by atoms with Gasteiger partial charge in [-0.25, -0.2) is 0 Å². The smallest absolute Gasteiger partial charge is 0.325 e. The van der Waals surface area contributed by atoms with E-state index in [4.69, 9.17) is 10.8 Å². The number of amides is 5. The number of hydrogen-bond donors (Lipinski definition) is 6. The average Bonchev–Trinajstić information content (AvgIpc) is 2.66. The SMILES string of the molecule is CC(C)[C@H](C(=O)N[C@@H](C)C(=O)O)C(=O)N(C)[C@H]1NC(=O)[C@@H](CCC(N)=O)NC(=O)C[C@H]1O. The number of hydrogen-bond acceptors (Lipinski definition) is 7. The number of nitrogens with zero attached hydrogens (tertiary/aromatic N) is 1. The minimum atomic E-state index is -1.49. The second-order valence-corrected chi connectivity index (χ2v) is 8.09. The second-order valence-electron chi connectivity index (χ2n) is 8.09. The fourth-order valence-corrected chi connectivity index (χ4v) is 3.23. The number of aliphatic carboxylic acids is 1. The Kier molecular flexibility index (Phi) is 9.56. The van der Waals surface area contributed by atoms with Gasteiger partial charge in [-0.05, 0) is 19.3 Å². The lowest BCUT2D eigenvalue weighted by molar-refractivity contribution is -0.152. The van der Waals surface area contributed by atoms with Crippen LogP contribution in [-0.2, 0) is 28.8 Å². The average molecular weight is 457 g/mol. The van der Waals surface area contributed by atoms with Crippen LogP contribution in [0.1, 0.15) is 40.0 Å². The van der Waals surface area contributed by atoms with Crippen molar-refractivity contribution in [2.45, 2.75) is 64.4 Å². The molecule has 0 unspecified atom stereocenters. The van der Waals surface area contributed by atoms with E-state index >= 15 is 0 Å². The van der Waals surface area contributed by atoms with Gasteiger partial charge < -0.3 is 36.8 Å². The van der Waals surface area contributed by atoms with E-state index in [1.165, 1.54) is 14.0 Å². The molecule has 32 heavy (non-hydrogen) atoms. The lowest BCUT2D eigenvalue weighted by Gasteiger charge is -2.37. The van der Waals surface area contributed by atoms with Crippen molar-refractivity contribution in [2.75, 3.05) is 7.05 Å². The van der Waals surface area contributed by atoms with Gasteiger partial charge in [-0.15, -0.1) is 0 Å². The molecule has 0 spiro atoms. The molecule has 5 atom stereocenters. The number of nitrogens with one attached hydrogen (secondary N) is 3. The Morgan fingerprint density at radius 1 is 1.19 bits per heavy atom. The molecule has 1 fully saturated rings. The Hall–Kier alpha value is -3.22. The van der Waals surface area contributed by atoms with E-state index in [0.29, 0.717) is 0 Å². The van der Waals surface area contributed by atoms with Gasteiger partial charge in [0.15, 0.2) is 0 Å². The third-order valence-electron chi connectivity index (χ3n) is 5.09. The summed E-state index contributed by atoms with van der Waals surface area (Å²) < 4.78 is 0. The summed E-state index contributed by atoms with van der Waals surface area (Å²) in [6.45, 7) is 4.42. The van der Waals surface area contributed by atoms with Crippen molar-refractivity contribution in [2.24, 2.45) is 17.6 Å². The van der Waals surface area contributed by atoms with Crippen LogP contribution >= 0.6 is 0 Å². The second kappa shape index (κ2) is 11.4. The van der Waals surface area contributed by atoms with Crippen molar-refractivity contribution < 1.29 is 39.0 Å². The van der Waals surface area contributed by atoms with Gasteiger partial charge in [0, 0.05) is 13.5 Å². The maximum absolute atomic E-state index is 13.1. The predicted octanol–water partition coefficient (Wildman–Crippen LogP) is -2.74. The monoisotopic (exact) mass is 457 g/mol. The lowest BCUT2D eigenvalue weighted by Crippen LogP contribution is -2.63. The lowest BCUT2D eigenvalue weighted by atomic mass is 9.92. The van der Waals surface area contributed by atoms with Crippen LogP contribution in [0.3, 0.4) is 0 Å². The molecule has 180 valence electrons. The fourth-order valence-electron chi connectivity index (χ4n) is 3.23. The van der Waals surface area contributed by atoms with Crippen LogP contribution in [0.15, 0.2) is 0 Å². The summed E-state index contributed by atoms with van der Waals surface area (Å²) in [7, 11) is 1.25. The Balaban J connectivity index is 3.09. The largest absolute Gasteiger partial charge is 0.480 e. The van der Waals surface area contributed by atoms with Crippen LogP contribution in [0.5, 0.6) is 0 Å². The first-order valence-corrected chi connectivity index (χ1v) is 10.1. The Bertz CT molecular complexity index is 771. The first-order valence-electron chi connectivity index (χ1n) is 10.1. The molecule has 0 bridgehead atoms. The Labute approximate surface area is 185 Å². The summed E-state index contributed by atoms with van der Waals surface area (Å²) in [6, 6.07) is -2.34. The molecule has 0 aliphatic carbocycles. The van der Waals surface area contributed by atoms with Crippen LogP contribution < -0.4 is 21.7 Å². The molecule has 1 saturated heterocycles. The van der Waals surface area contributed by atoms with E-state index in [0.717, 1.165) is 4.90 Å². The molecule has 0 radical (unpaired) electrons. The summed E-state index contributed by atoms with van der Waals surface area (Å²) in [4.78, 5) is 73.4. The van der Waals surface area contributed by atoms with E-state index in [9.17, 15) is 33.9 Å². The third kappa shape index (κ3) is 7.18. The summed E-state index contributed by atoms with van der Waals surface area (Å²) in [5.41, 5.74) is 5.09. The van der Waals surface area contributed by atoms with Crippen molar-refractivity contribution in [3.8, 4) is 0 Å². The quantitative estimate of drug-likeness (QED) is 0.200. The van der Waals surface area contributed by atoms with Crippen LogP contribution in [0.4, 0.5) is 0 Å². The van der Waals surface area contributed by atoms with Gasteiger partial charge in [0.25, 0.3) is 0 Å². The number of carbonyl (C=O) groups is 6. The molecule has 5 amide bonds. The highest BCUT2D eigenvalue weighted by Gasteiger charge is 2.40. The number of aliphatic hydroxyl groups excluding tert-OH is 1. The number of aliphatic hydroxyl groups is 1. The van der Waals surface area contributed by atoms with Gasteiger partial charge in [-0.2, -0.15) is 0 Å². The van der Waals surface area contributed by atoms with E-state index in [2.05, 4.69) is 16.0 Å². The van der Waals surface area contributed by atoms with Crippen molar-refractivity contribution in [3.63, 3.8) is 0 Å². The normalized spacial score (nSPS) is 23.1. The van der Waals surface area contributed by atoms with E-state index in [-0.39, 0.29) is 12.8 Å². The molecule has 1 aliphatic heterocycles.